The van der Waals surface area contributed by atoms with Crippen LogP contribution < -0.4 is 5.32 Å². The van der Waals surface area contributed by atoms with Crippen molar-refractivity contribution in [2.24, 2.45) is 5.92 Å². The molecule has 1 amide bonds. The van der Waals surface area contributed by atoms with Crippen LogP contribution in [0.15, 0.2) is 24.3 Å². The first-order valence-electron chi connectivity index (χ1n) is 6.65. The van der Waals surface area contributed by atoms with Gasteiger partial charge >= 0.3 is 0 Å². The summed E-state index contributed by atoms with van der Waals surface area (Å²) in [6.07, 6.45) is 3.54. The summed E-state index contributed by atoms with van der Waals surface area (Å²) in [6, 6.07) is 8.18. The van der Waals surface area contributed by atoms with E-state index in [1.165, 1.54) is 5.56 Å². The number of carbonyl (C=O) groups is 1. The third-order valence-corrected chi connectivity index (χ3v) is 3.69. The van der Waals surface area contributed by atoms with Gasteiger partial charge in [-0.15, -0.1) is 0 Å². The van der Waals surface area contributed by atoms with Crippen molar-refractivity contribution < 1.29 is 9.90 Å². The Labute approximate surface area is 108 Å². The number of aliphatic hydroxyl groups excluding tert-OH is 1. The number of nitrogens with one attached hydrogen (secondary N) is 1. The molecule has 2 atom stereocenters. The van der Waals surface area contributed by atoms with Crippen LogP contribution in [-0.4, -0.2) is 23.7 Å². The SMILES string of the molecule is Cc1cccc(CC(=O)NC2CCCC2CO)c1. The van der Waals surface area contributed by atoms with E-state index in [0.29, 0.717) is 6.42 Å². The van der Waals surface area contributed by atoms with Gasteiger partial charge < -0.3 is 10.4 Å². The number of amides is 1. The lowest BCUT2D eigenvalue weighted by molar-refractivity contribution is -0.121. The van der Waals surface area contributed by atoms with Gasteiger partial charge in [-0.05, 0) is 25.3 Å². The maximum absolute atomic E-state index is 11.9. The molecule has 0 spiro atoms. The van der Waals surface area contributed by atoms with E-state index < -0.39 is 0 Å². The van der Waals surface area contributed by atoms with E-state index in [2.05, 4.69) is 5.32 Å². The van der Waals surface area contributed by atoms with E-state index in [-0.39, 0.29) is 24.5 Å². The van der Waals surface area contributed by atoms with Gasteiger partial charge in [-0.25, -0.2) is 0 Å². The van der Waals surface area contributed by atoms with Crippen molar-refractivity contribution in [3.8, 4) is 0 Å². The van der Waals surface area contributed by atoms with Crippen LogP contribution >= 0.6 is 0 Å². The van der Waals surface area contributed by atoms with Gasteiger partial charge in [-0.1, -0.05) is 36.2 Å². The lowest BCUT2D eigenvalue weighted by atomic mass is 10.0. The Kier molecular flexibility index (Phi) is 4.37. The van der Waals surface area contributed by atoms with Crippen molar-refractivity contribution in [3.05, 3.63) is 35.4 Å². The zero-order valence-electron chi connectivity index (χ0n) is 10.9. The molecule has 1 saturated carbocycles. The predicted molar refractivity (Wildman–Crippen MR) is 71.2 cm³/mol. The van der Waals surface area contributed by atoms with Gasteiger partial charge in [0.05, 0.1) is 6.42 Å². The standard InChI is InChI=1S/C15H21NO2/c1-11-4-2-5-12(8-11)9-15(18)16-14-7-3-6-13(14)10-17/h2,4-5,8,13-14,17H,3,6-7,9-10H2,1H3,(H,16,18). The van der Waals surface area contributed by atoms with E-state index in [1.54, 1.807) is 0 Å². The third kappa shape index (κ3) is 3.33. The van der Waals surface area contributed by atoms with Crippen LogP contribution in [-0.2, 0) is 11.2 Å². The third-order valence-electron chi connectivity index (χ3n) is 3.69. The number of benzene rings is 1. The minimum atomic E-state index is 0.0611. The molecule has 0 aromatic heterocycles. The summed E-state index contributed by atoms with van der Waals surface area (Å²) in [4.78, 5) is 11.9. The Morgan fingerprint density at radius 1 is 1.44 bits per heavy atom. The molecule has 2 unspecified atom stereocenters. The second kappa shape index (κ2) is 6.01. The molecule has 0 radical (unpaired) electrons. The summed E-state index contributed by atoms with van der Waals surface area (Å²) >= 11 is 0. The second-order valence-corrected chi connectivity index (χ2v) is 5.21. The number of hydrogen-bond donors (Lipinski definition) is 2. The molecule has 18 heavy (non-hydrogen) atoms. The molecule has 2 rings (SSSR count). The summed E-state index contributed by atoms with van der Waals surface area (Å²) < 4.78 is 0. The topological polar surface area (TPSA) is 49.3 Å². The van der Waals surface area contributed by atoms with Crippen LogP contribution in [0.25, 0.3) is 0 Å². The molecule has 1 aliphatic carbocycles. The average molecular weight is 247 g/mol. The fraction of sp³-hybridized carbons (Fsp3) is 0.533. The number of carbonyl (C=O) groups excluding carboxylic acids is 1. The normalized spacial score (nSPS) is 23.0. The first kappa shape index (κ1) is 13.1. The smallest absolute Gasteiger partial charge is 0.224 e. The number of aryl methyl sites for hydroxylation is 1. The number of aliphatic hydroxyl groups is 1. The molecular weight excluding hydrogens is 226 g/mol. The molecule has 98 valence electrons. The van der Waals surface area contributed by atoms with Crippen molar-refractivity contribution in [2.75, 3.05) is 6.61 Å². The summed E-state index contributed by atoms with van der Waals surface area (Å²) in [5.74, 6) is 0.303. The maximum Gasteiger partial charge on any atom is 0.224 e. The van der Waals surface area contributed by atoms with Crippen LogP contribution in [0.2, 0.25) is 0 Å². The molecule has 3 nitrogen and oxygen atoms in total. The minimum absolute atomic E-state index is 0.0611. The highest BCUT2D eigenvalue weighted by molar-refractivity contribution is 5.79. The molecule has 1 aromatic carbocycles. The Bertz CT molecular complexity index is 417. The second-order valence-electron chi connectivity index (χ2n) is 5.21. The Morgan fingerprint density at radius 2 is 2.28 bits per heavy atom. The van der Waals surface area contributed by atoms with Crippen molar-refractivity contribution >= 4 is 5.91 Å². The van der Waals surface area contributed by atoms with Crippen LogP contribution in [0.5, 0.6) is 0 Å². The monoisotopic (exact) mass is 247 g/mol. The summed E-state index contributed by atoms with van der Waals surface area (Å²) in [6.45, 7) is 2.20. The van der Waals surface area contributed by atoms with E-state index in [4.69, 9.17) is 0 Å². The predicted octanol–water partition coefficient (Wildman–Crippen LogP) is 1.81. The van der Waals surface area contributed by atoms with E-state index in [1.807, 2.05) is 31.2 Å². The highest BCUT2D eigenvalue weighted by Crippen LogP contribution is 2.25. The van der Waals surface area contributed by atoms with Gasteiger partial charge in [-0.3, -0.25) is 4.79 Å². The zero-order chi connectivity index (χ0) is 13.0. The first-order chi connectivity index (χ1) is 8.69. The summed E-state index contributed by atoms with van der Waals surface area (Å²) in [5.41, 5.74) is 2.22. The highest BCUT2D eigenvalue weighted by atomic mass is 16.3. The van der Waals surface area contributed by atoms with Crippen LogP contribution in [0.3, 0.4) is 0 Å². The van der Waals surface area contributed by atoms with Crippen LogP contribution in [0.4, 0.5) is 0 Å². The van der Waals surface area contributed by atoms with E-state index in [0.717, 1.165) is 24.8 Å². The first-order valence-corrected chi connectivity index (χ1v) is 6.65. The summed E-state index contributed by atoms with van der Waals surface area (Å²) in [7, 11) is 0. The summed E-state index contributed by atoms with van der Waals surface area (Å²) in [5, 5.41) is 12.3. The molecule has 2 N–H and O–H groups in total. The quantitative estimate of drug-likeness (QED) is 0.852. The lowest BCUT2D eigenvalue weighted by Gasteiger charge is -2.19. The number of rotatable bonds is 4. The van der Waals surface area contributed by atoms with Gasteiger partial charge in [0, 0.05) is 18.6 Å². The van der Waals surface area contributed by atoms with Crippen molar-refractivity contribution in [2.45, 2.75) is 38.6 Å². The van der Waals surface area contributed by atoms with Gasteiger partial charge in [0.2, 0.25) is 5.91 Å². The van der Waals surface area contributed by atoms with Crippen molar-refractivity contribution in [3.63, 3.8) is 0 Å². The Hall–Kier alpha value is -1.35. The van der Waals surface area contributed by atoms with E-state index >= 15 is 0 Å². The Morgan fingerprint density at radius 3 is 3.00 bits per heavy atom. The van der Waals surface area contributed by atoms with Crippen LogP contribution in [0, 0.1) is 12.8 Å². The molecule has 1 fully saturated rings. The fourth-order valence-electron chi connectivity index (χ4n) is 2.71. The molecule has 0 saturated heterocycles. The van der Waals surface area contributed by atoms with Crippen LogP contribution in [0.1, 0.15) is 30.4 Å². The highest BCUT2D eigenvalue weighted by Gasteiger charge is 2.27. The minimum Gasteiger partial charge on any atom is -0.396 e. The number of hydrogen-bond acceptors (Lipinski definition) is 2. The lowest BCUT2D eigenvalue weighted by Crippen LogP contribution is -2.39. The average Bonchev–Trinajstić information content (AvgIpc) is 2.76. The van der Waals surface area contributed by atoms with Gasteiger partial charge in [0.25, 0.3) is 0 Å². The molecule has 1 aromatic rings. The van der Waals surface area contributed by atoms with E-state index in [9.17, 15) is 9.90 Å². The zero-order valence-corrected chi connectivity index (χ0v) is 10.9. The Balaban J connectivity index is 1.89. The van der Waals surface area contributed by atoms with Gasteiger partial charge in [-0.2, -0.15) is 0 Å². The molecule has 0 heterocycles. The van der Waals surface area contributed by atoms with Crippen molar-refractivity contribution in [1.29, 1.82) is 0 Å². The maximum atomic E-state index is 11.9. The molecule has 3 heteroatoms. The molecule has 0 bridgehead atoms. The van der Waals surface area contributed by atoms with Gasteiger partial charge in [0.1, 0.15) is 0 Å². The molecule has 1 aliphatic rings. The van der Waals surface area contributed by atoms with Gasteiger partial charge in [0.15, 0.2) is 0 Å². The molecular formula is C15H21NO2. The van der Waals surface area contributed by atoms with Crippen molar-refractivity contribution in [1.82, 2.24) is 5.32 Å². The molecule has 0 aliphatic heterocycles. The fourth-order valence-corrected chi connectivity index (χ4v) is 2.71. The largest absolute Gasteiger partial charge is 0.396 e.